The maximum absolute atomic E-state index is 13.6. The van der Waals surface area contributed by atoms with Crippen LogP contribution in [0.2, 0.25) is 0 Å². The third-order valence-electron chi connectivity index (χ3n) is 7.02. The van der Waals surface area contributed by atoms with E-state index < -0.39 is 103 Å². The molecule has 2 saturated heterocycles. The van der Waals surface area contributed by atoms with Crippen LogP contribution in [0.3, 0.4) is 0 Å². The van der Waals surface area contributed by atoms with E-state index in [-0.39, 0.29) is 12.1 Å². The number of carboxylic acid groups (broad SMARTS) is 1. The van der Waals surface area contributed by atoms with Gasteiger partial charge in [-0.25, -0.2) is 14.4 Å². The zero-order valence-corrected chi connectivity index (χ0v) is 22.5. The van der Waals surface area contributed by atoms with Crippen molar-refractivity contribution < 1.29 is 59.3 Å². The molecule has 0 aromatic carbocycles. The van der Waals surface area contributed by atoms with E-state index >= 15 is 0 Å². The average Bonchev–Trinajstić information content (AvgIpc) is 3.22. The van der Waals surface area contributed by atoms with Crippen LogP contribution in [0.1, 0.15) is 18.7 Å². The Kier molecular flexibility index (Phi) is 10.4. The van der Waals surface area contributed by atoms with Crippen LogP contribution in [-0.2, 0) is 30.5 Å². The Hall–Kier alpha value is -4.18. The van der Waals surface area contributed by atoms with Crippen LogP contribution < -0.4 is 28.0 Å². The third kappa shape index (κ3) is 6.74. The van der Waals surface area contributed by atoms with Gasteiger partial charge in [-0.1, -0.05) is 6.08 Å². The van der Waals surface area contributed by atoms with E-state index in [1.54, 1.807) is 0 Å². The topological polar surface area (TPSA) is 330 Å². The number of likely N-dealkylation sites (tertiary alicyclic amines) is 1. The van der Waals surface area contributed by atoms with Crippen LogP contribution in [0, 0.1) is 0 Å². The molecule has 43 heavy (non-hydrogen) atoms. The van der Waals surface area contributed by atoms with Gasteiger partial charge in [0.05, 0.1) is 12.2 Å². The third-order valence-corrected chi connectivity index (χ3v) is 7.02. The van der Waals surface area contributed by atoms with E-state index in [9.17, 15) is 59.4 Å². The lowest BCUT2D eigenvalue weighted by atomic mass is 9.92. The van der Waals surface area contributed by atoms with Gasteiger partial charge < -0.3 is 61.8 Å². The van der Waals surface area contributed by atoms with E-state index in [0.29, 0.717) is 10.1 Å². The zero-order chi connectivity index (χ0) is 32.3. The van der Waals surface area contributed by atoms with Crippen molar-refractivity contribution in [3.05, 3.63) is 44.2 Å². The highest BCUT2D eigenvalue weighted by atomic mass is 16.6. The Morgan fingerprint density at radius 2 is 1.88 bits per heavy atom. The second-order valence-corrected chi connectivity index (χ2v) is 9.72. The summed E-state index contributed by atoms with van der Waals surface area (Å²) in [5.74, 6) is -3.89. The summed E-state index contributed by atoms with van der Waals surface area (Å²) in [6.45, 7) is -0.350. The number of carboxylic acids is 1. The first-order valence-electron chi connectivity index (χ1n) is 12.6. The van der Waals surface area contributed by atoms with Crippen molar-refractivity contribution in [1.82, 2.24) is 19.8 Å². The molecule has 20 heteroatoms. The number of nitrogens with one attached hydrogen (secondary N) is 2. The summed E-state index contributed by atoms with van der Waals surface area (Å²) in [6.07, 6.45) is -10.7. The fraction of sp³-hybridized carbons (Fsp3) is 0.565. The average molecular weight is 617 g/mol. The molecule has 1 aromatic rings. The number of aromatic amines is 1. The molecule has 2 unspecified atom stereocenters. The normalized spacial score (nSPS) is 27.1. The minimum atomic E-state index is -2.09. The zero-order valence-electron chi connectivity index (χ0n) is 22.5. The van der Waals surface area contributed by atoms with Crippen LogP contribution in [0.25, 0.3) is 0 Å². The van der Waals surface area contributed by atoms with Crippen molar-refractivity contribution in [2.75, 3.05) is 13.2 Å². The van der Waals surface area contributed by atoms with E-state index in [2.05, 4.69) is 10.1 Å². The Morgan fingerprint density at radius 3 is 2.44 bits per heavy atom. The van der Waals surface area contributed by atoms with Crippen LogP contribution >= 0.6 is 0 Å². The lowest BCUT2D eigenvalue weighted by molar-refractivity contribution is -0.157. The number of nitrogens with two attached hydrogens (primary N) is 2. The fourth-order valence-electron chi connectivity index (χ4n) is 4.60. The molecule has 0 saturated carbocycles. The number of amides is 3. The first kappa shape index (κ1) is 33.3. The molecule has 3 heterocycles. The number of carbonyl (C=O) groups excluding carboxylic acids is 3. The number of aliphatic carboxylic acids is 1. The SMILES string of the molecule is C/C=C1/CN(C(=O)[C@@H](NC(=O)[C@@H](N)[C@H](O)[C@@H](O)COC(N)=O)C2OC(n3cc(CO)c(=O)[nH]c3=O)[C@H](O)[C@@H]2O)[C@@H]1C(=O)O. The van der Waals surface area contributed by atoms with Crippen molar-refractivity contribution >= 4 is 23.9 Å². The summed E-state index contributed by atoms with van der Waals surface area (Å²) in [5.41, 5.74) is 8.46. The summed E-state index contributed by atoms with van der Waals surface area (Å²) in [7, 11) is 0. The summed E-state index contributed by atoms with van der Waals surface area (Å²) < 4.78 is 10.6. The molecule has 0 bridgehead atoms. The van der Waals surface area contributed by atoms with Crippen LogP contribution in [-0.4, -0.2) is 131 Å². The lowest BCUT2D eigenvalue weighted by Gasteiger charge is -2.43. The molecule has 20 nitrogen and oxygen atoms in total. The number of H-pyrrole nitrogens is 1. The van der Waals surface area contributed by atoms with Gasteiger partial charge in [0.1, 0.15) is 49.2 Å². The first-order valence-corrected chi connectivity index (χ1v) is 12.6. The van der Waals surface area contributed by atoms with Gasteiger partial charge in [-0.3, -0.25) is 23.9 Å². The summed E-state index contributed by atoms with van der Waals surface area (Å²) in [6, 6.07) is -5.47. The quantitative estimate of drug-likeness (QED) is 0.103. The second kappa shape index (κ2) is 13.4. The predicted octanol–water partition coefficient (Wildman–Crippen LogP) is -6.48. The van der Waals surface area contributed by atoms with Crippen LogP contribution in [0.15, 0.2) is 27.4 Å². The number of aliphatic hydroxyl groups excluding tert-OH is 5. The molecule has 3 amide bonds. The molecule has 0 radical (unpaired) electrons. The van der Waals surface area contributed by atoms with Crippen molar-refractivity contribution in [3.63, 3.8) is 0 Å². The molecule has 12 N–H and O–H groups in total. The number of nitrogens with zero attached hydrogens (tertiary/aromatic N) is 2. The number of carbonyl (C=O) groups is 4. The van der Waals surface area contributed by atoms with Gasteiger partial charge >= 0.3 is 17.8 Å². The van der Waals surface area contributed by atoms with Crippen LogP contribution in [0.5, 0.6) is 0 Å². The van der Waals surface area contributed by atoms with Gasteiger partial charge in [-0.15, -0.1) is 0 Å². The highest BCUT2D eigenvalue weighted by Crippen LogP contribution is 2.33. The molecule has 3 rings (SSSR count). The van der Waals surface area contributed by atoms with Crippen LogP contribution in [0.4, 0.5) is 4.79 Å². The largest absolute Gasteiger partial charge is 0.479 e. The Labute approximate surface area is 240 Å². The molecule has 0 spiro atoms. The molecule has 1 aromatic heterocycles. The Morgan fingerprint density at radius 1 is 1.23 bits per heavy atom. The molecular formula is C23H32N6O14. The molecule has 238 valence electrons. The number of aliphatic hydroxyl groups is 5. The number of hydrogen-bond acceptors (Lipinski definition) is 14. The van der Waals surface area contributed by atoms with Crippen molar-refractivity contribution in [2.24, 2.45) is 11.5 Å². The predicted molar refractivity (Wildman–Crippen MR) is 138 cm³/mol. The highest BCUT2D eigenvalue weighted by Gasteiger charge is 2.54. The smallest absolute Gasteiger partial charge is 0.404 e. The molecule has 2 aliphatic rings. The van der Waals surface area contributed by atoms with Gasteiger partial charge in [-0.05, 0) is 12.5 Å². The van der Waals surface area contributed by atoms with E-state index in [1.165, 1.54) is 13.0 Å². The molecule has 2 fully saturated rings. The van der Waals surface area contributed by atoms with Gasteiger partial charge in [0, 0.05) is 12.7 Å². The highest BCUT2D eigenvalue weighted by molar-refractivity contribution is 5.95. The maximum Gasteiger partial charge on any atom is 0.404 e. The molecule has 2 aliphatic heterocycles. The Bertz CT molecular complexity index is 1390. The number of primary amides is 1. The van der Waals surface area contributed by atoms with E-state index in [1.807, 2.05) is 4.98 Å². The summed E-state index contributed by atoms with van der Waals surface area (Å²) in [5, 5.41) is 63.0. The van der Waals surface area contributed by atoms with E-state index in [0.717, 1.165) is 11.1 Å². The van der Waals surface area contributed by atoms with Crippen molar-refractivity contribution in [2.45, 2.75) is 68.4 Å². The lowest BCUT2D eigenvalue weighted by Crippen LogP contribution is -2.67. The second-order valence-electron chi connectivity index (χ2n) is 9.72. The number of rotatable bonds is 11. The maximum atomic E-state index is 13.6. The number of hydrogen-bond donors (Lipinski definition) is 10. The Balaban J connectivity index is 1.95. The van der Waals surface area contributed by atoms with E-state index in [4.69, 9.17) is 16.2 Å². The fourth-order valence-corrected chi connectivity index (χ4v) is 4.60. The number of aromatic nitrogens is 2. The minimum Gasteiger partial charge on any atom is -0.479 e. The van der Waals surface area contributed by atoms with Crippen molar-refractivity contribution in [1.29, 1.82) is 0 Å². The van der Waals surface area contributed by atoms with Crippen molar-refractivity contribution in [3.8, 4) is 0 Å². The summed E-state index contributed by atoms with van der Waals surface area (Å²) in [4.78, 5) is 76.2. The molecular weight excluding hydrogens is 584 g/mol. The van der Waals surface area contributed by atoms with Gasteiger partial charge in [-0.2, -0.15) is 0 Å². The van der Waals surface area contributed by atoms with Gasteiger partial charge in [0.2, 0.25) is 11.8 Å². The first-order chi connectivity index (χ1) is 20.1. The molecule has 0 aliphatic carbocycles. The molecule has 9 atom stereocenters. The monoisotopic (exact) mass is 616 g/mol. The van der Waals surface area contributed by atoms with Gasteiger partial charge in [0.25, 0.3) is 5.56 Å². The summed E-state index contributed by atoms with van der Waals surface area (Å²) >= 11 is 0. The number of ether oxygens (including phenoxy) is 2. The standard InChI is InChI=1S/C23H32N6O14/c1-2-7-3-28(12(7)21(38)39)19(37)11(26-18(36)10(24)13(32)9(31)6-42-22(25)40)16-14(33)15(34)20(43-16)29-4-8(5-30)17(35)27-23(29)41/h2,4,9-16,20,30-34H,3,5-6,24H2,1H3,(H2,25,40)(H,26,36)(H,38,39)(H,27,35,41)/b7-2-/t9-,10-,11-,12-,13+,14-,15+,16?,20?/m0/s1. The minimum absolute atomic E-state index is 0.204. The number of allylic oxidation sites excluding steroid dienone is 1. The van der Waals surface area contributed by atoms with Gasteiger partial charge in [0.15, 0.2) is 12.3 Å².